The second-order valence-corrected chi connectivity index (χ2v) is 3.00. The largest absolute Gasteiger partial charge is 0.419 e. The van der Waals surface area contributed by atoms with Gasteiger partial charge in [-0.2, -0.15) is 13.2 Å². The van der Waals surface area contributed by atoms with Crippen LogP contribution < -0.4 is 5.73 Å². The molecule has 1 rings (SSSR count). The van der Waals surface area contributed by atoms with Crippen molar-refractivity contribution in [2.45, 2.75) is 12.2 Å². The molecule has 0 fully saturated rings. The molecule has 0 heterocycles. The zero-order valence-electron chi connectivity index (χ0n) is 7.68. The summed E-state index contributed by atoms with van der Waals surface area (Å²) in [6.45, 7) is 3.35. The molecule has 1 atom stereocenters. The van der Waals surface area contributed by atoms with E-state index in [2.05, 4.69) is 6.58 Å². The molecule has 0 spiro atoms. The lowest BCUT2D eigenvalue weighted by Crippen LogP contribution is -2.12. The summed E-state index contributed by atoms with van der Waals surface area (Å²) in [4.78, 5) is 0. The summed E-state index contributed by atoms with van der Waals surface area (Å²) in [5, 5.41) is 0. The third-order valence-corrected chi connectivity index (χ3v) is 1.93. The van der Waals surface area contributed by atoms with Crippen LogP contribution in [0.5, 0.6) is 0 Å². The quantitative estimate of drug-likeness (QED) is 0.600. The van der Waals surface area contributed by atoms with Gasteiger partial charge in [-0.15, -0.1) is 6.58 Å². The minimum atomic E-state index is -4.71. The number of hydrogen-bond acceptors (Lipinski definition) is 1. The first-order chi connectivity index (χ1) is 6.86. The van der Waals surface area contributed by atoms with Crippen LogP contribution >= 0.6 is 0 Å². The van der Waals surface area contributed by atoms with Crippen molar-refractivity contribution in [2.75, 3.05) is 0 Å². The predicted molar refractivity (Wildman–Crippen MR) is 48.5 cm³/mol. The zero-order chi connectivity index (χ0) is 11.6. The Kier molecular flexibility index (Phi) is 3.14. The van der Waals surface area contributed by atoms with Crippen molar-refractivity contribution in [1.82, 2.24) is 0 Å². The van der Waals surface area contributed by atoms with Crippen LogP contribution in [0.15, 0.2) is 30.9 Å². The number of hydrogen-bond donors (Lipinski definition) is 1. The maximum atomic E-state index is 12.8. The third kappa shape index (κ3) is 2.56. The monoisotopic (exact) mass is 219 g/mol. The van der Waals surface area contributed by atoms with Crippen LogP contribution in [-0.2, 0) is 6.18 Å². The fourth-order valence-corrected chi connectivity index (χ4v) is 1.10. The molecule has 0 radical (unpaired) electrons. The van der Waals surface area contributed by atoms with Crippen molar-refractivity contribution in [3.05, 3.63) is 47.8 Å². The van der Waals surface area contributed by atoms with Crippen molar-refractivity contribution in [2.24, 2.45) is 5.73 Å². The molecule has 0 aliphatic heterocycles. The van der Waals surface area contributed by atoms with Crippen LogP contribution in [0.4, 0.5) is 17.6 Å². The van der Waals surface area contributed by atoms with Crippen LogP contribution in [0.25, 0.3) is 0 Å². The molecular weight excluding hydrogens is 210 g/mol. The third-order valence-electron chi connectivity index (χ3n) is 1.93. The van der Waals surface area contributed by atoms with Gasteiger partial charge in [0.15, 0.2) is 0 Å². The summed E-state index contributed by atoms with van der Waals surface area (Å²) in [5.41, 5.74) is 4.32. The van der Waals surface area contributed by atoms with Gasteiger partial charge in [0, 0.05) is 6.04 Å². The maximum absolute atomic E-state index is 12.8. The molecule has 0 unspecified atom stereocenters. The van der Waals surface area contributed by atoms with Gasteiger partial charge in [-0.3, -0.25) is 0 Å². The van der Waals surface area contributed by atoms with Crippen LogP contribution in [0.1, 0.15) is 17.2 Å². The van der Waals surface area contributed by atoms with Gasteiger partial charge in [-0.05, 0) is 17.7 Å². The van der Waals surface area contributed by atoms with E-state index >= 15 is 0 Å². The van der Waals surface area contributed by atoms with Gasteiger partial charge >= 0.3 is 6.18 Å². The van der Waals surface area contributed by atoms with Gasteiger partial charge < -0.3 is 5.73 Å². The first-order valence-electron chi connectivity index (χ1n) is 4.11. The van der Waals surface area contributed by atoms with Crippen molar-refractivity contribution in [3.63, 3.8) is 0 Å². The van der Waals surface area contributed by atoms with Crippen LogP contribution in [0.2, 0.25) is 0 Å². The molecular formula is C10H9F4N. The molecule has 1 aromatic carbocycles. The highest BCUT2D eigenvalue weighted by molar-refractivity contribution is 5.30. The van der Waals surface area contributed by atoms with Crippen LogP contribution in [0, 0.1) is 5.82 Å². The Morgan fingerprint density at radius 2 is 1.93 bits per heavy atom. The lowest BCUT2D eigenvalue weighted by atomic mass is 10.0. The number of rotatable bonds is 2. The molecule has 82 valence electrons. The zero-order valence-corrected chi connectivity index (χ0v) is 7.68. The van der Waals surface area contributed by atoms with E-state index in [9.17, 15) is 17.6 Å². The fourth-order valence-electron chi connectivity index (χ4n) is 1.10. The molecule has 0 aromatic heterocycles. The van der Waals surface area contributed by atoms with E-state index in [0.717, 1.165) is 6.07 Å². The number of halogens is 4. The fraction of sp³-hybridized carbons (Fsp3) is 0.200. The van der Waals surface area contributed by atoms with Gasteiger partial charge in [0.2, 0.25) is 0 Å². The highest BCUT2D eigenvalue weighted by Crippen LogP contribution is 2.32. The summed E-state index contributed by atoms with van der Waals surface area (Å²) in [5.74, 6) is -1.30. The average molecular weight is 219 g/mol. The average Bonchev–Trinajstić information content (AvgIpc) is 2.15. The molecule has 0 bridgehead atoms. The summed E-state index contributed by atoms with van der Waals surface area (Å²) >= 11 is 0. The Morgan fingerprint density at radius 3 is 2.40 bits per heavy atom. The smallest absolute Gasteiger partial charge is 0.321 e. The molecule has 0 aliphatic rings. The van der Waals surface area contributed by atoms with Gasteiger partial charge in [-0.1, -0.05) is 12.1 Å². The molecule has 5 heteroatoms. The standard InChI is InChI=1S/C10H9F4N/c1-2-9(15)6-3-4-8(11)7(5-6)10(12,13)14/h2-5,9H,1,15H2/t9-/m1/s1. The Hall–Kier alpha value is -1.36. The number of benzene rings is 1. The molecule has 0 saturated heterocycles. The lowest BCUT2D eigenvalue weighted by Gasteiger charge is -2.12. The first kappa shape index (κ1) is 11.7. The van der Waals surface area contributed by atoms with Crippen molar-refractivity contribution in [3.8, 4) is 0 Å². The Balaban J connectivity index is 3.22. The predicted octanol–water partition coefficient (Wildman–Crippen LogP) is 3.03. The van der Waals surface area contributed by atoms with E-state index in [1.807, 2.05) is 0 Å². The first-order valence-corrected chi connectivity index (χ1v) is 4.11. The topological polar surface area (TPSA) is 26.0 Å². The highest BCUT2D eigenvalue weighted by Gasteiger charge is 2.34. The maximum Gasteiger partial charge on any atom is 0.419 e. The van der Waals surface area contributed by atoms with E-state index in [1.54, 1.807) is 0 Å². The molecule has 0 saturated carbocycles. The lowest BCUT2D eigenvalue weighted by molar-refractivity contribution is -0.140. The normalized spacial score (nSPS) is 13.7. The van der Waals surface area contributed by atoms with Gasteiger partial charge in [0.1, 0.15) is 5.82 Å². The summed E-state index contributed by atoms with van der Waals surface area (Å²) in [6, 6.07) is 1.92. The molecule has 1 nitrogen and oxygen atoms in total. The van der Waals surface area contributed by atoms with Crippen LogP contribution in [0.3, 0.4) is 0 Å². The van der Waals surface area contributed by atoms with Gasteiger partial charge in [-0.25, -0.2) is 4.39 Å². The number of alkyl halides is 3. The Morgan fingerprint density at radius 1 is 1.33 bits per heavy atom. The van der Waals surface area contributed by atoms with E-state index in [-0.39, 0.29) is 5.56 Å². The van der Waals surface area contributed by atoms with Gasteiger partial charge in [0.25, 0.3) is 0 Å². The van der Waals surface area contributed by atoms with E-state index < -0.39 is 23.6 Å². The highest BCUT2D eigenvalue weighted by atomic mass is 19.4. The molecule has 15 heavy (non-hydrogen) atoms. The second-order valence-electron chi connectivity index (χ2n) is 3.00. The van der Waals surface area contributed by atoms with Crippen LogP contribution in [-0.4, -0.2) is 0 Å². The molecule has 1 aromatic rings. The number of nitrogens with two attached hydrogens (primary N) is 1. The van der Waals surface area contributed by atoms with Crippen molar-refractivity contribution >= 4 is 0 Å². The van der Waals surface area contributed by atoms with E-state index in [4.69, 9.17) is 5.73 Å². The SMILES string of the molecule is C=C[C@@H](N)c1ccc(F)c(C(F)(F)F)c1. The van der Waals surface area contributed by atoms with Gasteiger partial charge in [0.05, 0.1) is 5.56 Å². The minimum absolute atomic E-state index is 0.179. The van der Waals surface area contributed by atoms with E-state index in [1.165, 1.54) is 12.1 Å². The van der Waals surface area contributed by atoms with Crippen molar-refractivity contribution < 1.29 is 17.6 Å². The Bertz CT molecular complexity index is 370. The molecule has 0 aliphatic carbocycles. The summed E-state index contributed by atoms with van der Waals surface area (Å²) in [7, 11) is 0. The minimum Gasteiger partial charge on any atom is -0.321 e. The Labute approximate surface area is 84.2 Å². The summed E-state index contributed by atoms with van der Waals surface area (Å²) < 4.78 is 49.7. The summed E-state index contributed by atoms with van der Waals surface area (Å²) in [6.07, 6.45) is -3.42. The van der Waals surface area contributed by atoms with E-state index in [0.29, 0.717) is 6.07 Å². The molecule has 2 N–H and O–H groups in total. The van der Waals surface area contributed by atoms with Crippen molar-refractivity contribution in [1.29, 1.82) is 0 Å². The second kappa shape index (κ2) is 4.02. The molecule has 0 amide bonds.